The van der Waals surface area contributed by atoms with Gasteiger partial charge in [0.05, 0.1) is 18.8 Å². The quantitative estimate of drug-likeness (QED) is 0.842. The summed E-state index contributed by atoms with van der Waals surface area (Å²) in [6.45, 7) is 0.549. The number of nitrogens with zero attached hydrogens (tertiary/aromatic N) is 3. The first-order valence-corrected chi connectivity index (χ1v) is 7.24. The Morgan fingerprint density at radius 1 is 1.45 bits per heavy atom. The van der Waals surface area contributed by atoms with Crippen molar-refractivity contribution in [2.24, 2.45) is 0 Å². The van der Waals surface area contributed by atoms with E-state index in [0.29, 0.717) is 13.0 Å². The minimum atomic E-state index is 0. The van der Waals surface area contributed by atoms with E-state index in [2.05, 4.69) is 15.6 Å². The number of anilines is 1. The zero-order chi connectivity index (χ0) is 14.7. The number of benzene rings is 1. The van der Waals surface area contributed by atoms with Crippen LogP contribution in [0.25, 0.3) is 0 Å². The van der Waals surface area contributed by atoms with Crippen LogP contribution in [0.4, 0.5) is 5.69 Å². The number of hydrogen-bond donors (Lipinski definition) is 2. The number of nitrogen functional groups attached to an aromatic ring is 1. The lowest BCUT2D eigenvalue weighted by Crippen LogP contribution is -2.31. The predicted octanol–water partition coefficient (Wildman–Crippen LogP) is 1.87. The van der Waals surface area contributed by atoms with Crippen LogP contribution in [-0.4, -0.2) is 20.9 Å². The summed E-state index contributed by atoms with van der Waals surface area (Å²) < 4.78 is 1.66. The molecule has 3 N–H and O–H groups in total. The van der Waals surface area contributed by atoms with Crippen LogP contribution in [0.3, 0.4) is 0 Å². The van der Waals surface area contributed by atoms with Gasteiger partial charge in [-0.25, -0.2) is 0 Å². The normalized spacial score (nSPS) is 16.5. The number of fused-ring (bicyclic) bond motifs is 1. The van der Waals surface area contributed by atoms with Crippen molar-refractivity contribution in [1.82, 2.24) is 20.3 Å². The predicted molar refractivity (Wildman–Crippen MR) is 86.6 cm³/mol. The molecule has 1 amide bonds. The molecule has 0 fully saturated rings. The summed E-state index contributed by atoms with van der Waals surface area (Å²) in [6.07, 6.45) is 6.86. The Morgan fingerprint density at radius 3 is 3.09 bits per heavy atom. The molecule has 22 heavy (non-hydrogen) atoms. The maximum absolute atomic E-state index is 12.1. The van der Waals surface area contributed by atoms with Crippen LogP contribution in [0, 0.1) is 0 Å². The largest absolute Gasteiger partial charge is 0.399 e. The third kappa shape index (κ3) is 3.76. The Morgan fingerprint density at radius 2 is 2.32 bits per heavy atom. The summed E-state index contributed by atoms with van der Waals surface area (Å²) >= 11 is 0. The van der Waals surface area contributed by atoms with E-state index in [9.17, 15) is 4.79 Å². The molecule has 3 rings (SSSR count). The molecule has 0 radical (unpaired) electrons. The van der Waals surface area contributed by atoms with E-state index in [0.717, 1.165) is 24.9 Å². The number of nitrogens with two attached hydrogens (primary N) is 1. The molecule has 1 aromatic heterocycles. The lowest BCUT2D eigenvalue weighted by atomic mass is 9.87. The standard InChI is InChI=1S/C15H19N5O.ClH/c16-12-4-5-13-11(10-12)2-1-3-14(13)18-15(21)6-8-20-9-7-17-19-20;/h4-5,7,9-10,14H,1-3,6,8,16H2,(H,18,21);1H. The lowest BCUT2D eigenvalue weighted by molar-refractivity contribution is -0.122. The SMILES string of the molecule is Cl.Nc1ccc2c(c1)CCCC2NC(=O)CCn1ccnn1. The summed E-state index contributed by atoms with van der Waals surface area (Å²) in [5.74, 6) is 0.0418. The van der Waals surface area contributed by atoms with E-state index in [1.54, 1.807) is 17.1 Å². The first kappa shape index (κ1) is 16.3. The fraction of sp³-hybridized carbons (Fsp3) is 0.400. The number of aryl methyl sites for hydroxylation is 2. The number of carbonyl (C=O) groups is 1. The van der Waals surface area contributed by atoms with Gasteiger partial charge in [0.1, 0.15) is 0 Å². The van der Waals surface area contributed by atoms with Gasteiger partial charge in [0.25, 0.3) is 0 Å². The highest BCUT2D eigenvalue weighted by atomic mass is 35.5. The van der Waals surface area contributed by atoms with Crippen molar-refractivity contribution in [3.8, 4) is 0 Å². The zero-order valence-electron chi connectivity index (χ0n) is 12.2. The van der Waals surface area contributed by atoms with Gasteiger partial charge >= 0.3 is 0 Å². The molecule has 1 aromatic carbocycles. The third-order valence-corrected chi connectivity index (χ3v) is 3.86. The molecular formula is C15H20ClN5O. The molecule has 1 aliphatic carbocycles. The number of rotatable bonds is 4. The lowest BCUT2D eigenvalue weighted by Gasteiger charge is -2.26. The first-order valence-electron chi connectivity index (χ1n) is 7.24. The van der Waals surface area contributed by atoms with Gasteiger partial charge in [-0.2, -0.15) is 0 Å². The molecule has 1 heterocycles. The highest BCUT2D eigenvalue weighted by molar-refractivity contribution is 5.85. The topological polar surface area (TPSA) is 85.8 Å². The second-order valence-corrected chi connectivity index (χ2v) is 5.39. The van der Waals surface area contributed by atoms with Crippen molar-refractivity contribution < 1.29 is 4.79 Å². The molecule has 1 atom stereocenters. The van der Waals surface area contributed by atoms with Gasteiger partial charge in [-0.05, 0) is 42.5 Å². The smallest absolute Gasteiger partial charge is 0.222 e. The van der Waals surface area contributed by atoms with Crippen molar-refractivity contribution >= 4 is 24.0 Å². The van der Waals surface area contributed by atoms with Gasteiger partial charge in [-0.1, -0.05) is 11.3 Å². The average Bonchev–Trinajstić information content (AvgIpc) is 2.98. The van der Waals surface area contributed by atoms with Gasteiger partial charge in [0.2, 0.25) is 5.91 Å². The molecular weight excluding hydrogens is 302 g/mol. The fourth-order valence-corrected chi connectivity index (χ4v) is 2.82. The second kappa shape index (κ2) is 7.26. The van der Waals surface area contributed by atoms with Gasteiger partial charge < -0.3 is 11.1 Å². The van der Waals surface area contributed by atoms with E-state index in [-0.39, 0.29) is 24.4 Å². The molecule has 1 unspecified atom stereocenters. The van der Waals surface area contributed by atoms with E-state index in [1.807, 2.05) is 18.2 Å². The Labute approximate surface area is 135 Å². The summed E-state index contributed by atoms with van der Waals surface area (Å²) in [6, 6.07) is 6.05. The molecule has 118 valence electrons. The van der Waals surface area contributed by atoms with Crippen LogP contribution >= 0.6 is 12.4 Å². The van der Waals surface area contributed by atoms with Crippen molar-refractivity contribution in [2.45, 2.75) is 38.3 Å². The Balaban J connectivity index is 0.00000176. The summed E-state index contributed by atoms with van der Waals surface area (Å²) in [7, 11) is 0. The molecule has 0 saturated heterocycles. The van der Waals surface area contributed by atoms with Crippen molar-refractivity contribution in [3.05, 3.63) is 41.7 Å². The molecule has 7 heteroatoms. The summed E-state index contributed by atoms with van der Waals surface area (Å²) in [5, 5.41) is 10.7. The minimum absolute atomic E-state index is 0. The molecule has 2 aromatic rings. The monoisotopic (exact) mass is 321 g/mol. The van der Waals surface area contributed by atoms with Crippen LogP contribution in [-0.2, 0) is 17.8 Å². The maximum Gasteiger partial charge on any atom is 0.222 e. The number of amides is 1. The molecule has 6 nitrogen and oxygen atoms in total. The molecule has 1 aliphatic rings. The third-order valence-electron chi connectivity index (χ3n) is 3.86. The van der Waals surface area contributed by atoms with Crippen molar-refractivity contribution in [3.63, 3.8) is 0 Å². The Hall–Kier alpha value is -2.08. The summed E-state index contributed by atoms with van der Waals surface area (Å²) in [4.78, 5) is 12.1. The van der Waals surface area contributed by atoms with E-state index in [4.69, 9.17) is 5.73 Å². The van der Waals surface area contributed by atoms with Crippen molar-refractivity contribution in [1.29, 1.82) is 0 Å². The van der Waals surface area contributed by atoms with Gasteiger partial charge in [0.15, 0.2) is 0 Å². The van der Waals surface area contributed by atoms with Gasteiger partial charge in [0, 0.05) is 18.3 Å². The van der Waals surface area contributed by atoms with E-state index < -0.39 is 0 Å². The highest BCUT2D eigenvalue weighted by Gasteiger charge is 2.21. The van der Waals surface area contributed by atoms with Crippen LogP contribution in [0.1, 0.15) is 36.4 Å². The number of nitrogens with one attached hydrogen (secondary N) is 1. The van der Waals surface area contributed by atoms with Crippen LogP contribution in [0.15, 0.2) is 30.6 Å². The number of halogens is 1. The van der Waals surface area contributed by atoms with E-state index in [1.165, 1.54) is 11.1 Å². The van der Waals surface area contributed by atoms with Crippen LogP contribution < -0.4 is 11.1 Å². The zero-order valence-corrected chi connectivity index (χ0v) is 13.1. The minimum Gasteiger partial charge on any atom is -0.399 e. The fourth-order valence-electron chi connectivity index (χ4n) is 2.82. The number of aromatic nitrogens is 3. The number of hydrogen-bond acceptors (Lipinski definition) is 4. The van der Waals surface area contributed by atoms with Crippen LogP contribution in [0.2, 0.25) is 0 Å². The first-order chi connectivity index (χ1) is 10.2. The maximum atomic E-state index is 12.1. The van der Waals surface area contributed by atoms with Crippen molar-refractivity contribution in [2.75, 3.05) is 5.73 Å². The summed E-state index contributed by atoms with van der Waals surface area (Å²) in [5.41, 5.74) is 9.06. The second-order valence-electron chi connectivity index (χ2n) is 5.39. The molecule has 0 bridgehead atoms. The number of carbonyl (C=O) groups excluding carboxylic acids is 1. The Kier molecular flexibility index (Phi) is 5.38. The van der Waals surface area contributed by atoms with Crippen LogP contribution in [0.5, 0.6) is 0 Å². The molecule has 0 saturated carbocycles. The average molecular weight is 322 g/mol. The molecule has 0 aliphatic heterocycles. The highest BCUT2D eigenvalue weighted by Crippen LogP contribution is 2.30. The van der Waals surface area contributed by atoms with Gasteiger partial charge in [-0.3, -0.25) is 9.48 Å². The van der Waals surface area contributed by atoms with E-state index >= 15 is 0 Å². The molecule has 0 spiro atoms. The van der Waals surface area contributed by atoms with Gasteiger partial charge in [-0.15, -0.1) is 17.5 Å². The Bertz CT molecular complexity index is 629.